The Morgan fingerprint density at radius 3 is 2.43 bits per heavy atom. The van der Waals surface area contributed by atoms with E-state index in [0.29, 0.717) is 25.1 Å². The number of hydrogen-bond acceptors (Lipinski definition) is 2. The van der Waals surface area contributed by atoms with E-state index in [4.69, 9.17) is 0 Å². The van der Waals surface area contributed by atoms with E-state index < -0.39 is 5.82 Å². The van der Waals surface area contributed by atoms with Gasteiger partial charge in [-0.15, -0.1) is 0 Å². The quantitative estimate of drug-likeness (QED) is 0.803. The van der Waals surface area contributed by atoms with E-state index in [-0.39, 0.29) is 28.8 Å². The first-order valence-corrected chi connectivity index (χ1v) is 10.9. The summed E-state index contributed by atoms with van der Waals surface area (Å²) < 4.78 is 14.2. The van der Waals surface area contributed by atoms with Crippen LogP contribution in [0.25, 0.3) is 0 Å². The molecule has 1 aliphatic carbocycles. The van der Waals surface area contributed by atoms with Gasteiger partial charge in [-0.1, -0.05) is 42.5 Å². The molecule has 4 nitrogen and oxygen atoms in total. The molecule has 1 spiro atoms. The van der Waals surface area contributed by atoms with E-state index in [1.54, 1.807) is 24.0 Å². The van der Waals surface area contributed by atoms with E-state index in [2.05, 4.69) is 5.32 Å². The van der Waals surface area contributed by atoms with Crippen LogP contribution in [0.3, 0.4) is 0 Å². The summed E-state index contributed by atoms with van der Waals surface area (Å²) in [7, 11) is 0. The van der Waals surface area contributed by atoms with Crippen LogP contribution in [0.1, 0.15) is 53.6 Å². The molecule has 2 aliphatic rings. The predicted molar refractivity (Wildman–Crippen MR) is 115 cm³/mol. The molecule has 2 aromatic rings. The van der Waals surface area contributed by atoms with Crippen molar-refractivity contribution in [1.82, 2.24) is 10.2 Å². The number of nitrogens with zero attached hydrogens (tertiary/aromatic N) is 1. The molecule has 0 aromatic heterocycles. The SMILES string of the molecule is Cc1cccc(F)c1C(=O)N1CCC2(CCC2NC(=O)CCc2ccccc2)CC1. The fourth-order valence-electron chi connectivity index (χ4n) is 4.91. The van der Waals surface area contributed by atoms with Crippen LogP contribution in [-0.4, -0.2) is 35.8 Å². The van der Waals surface area contributed by atoms with Crippen molar-refractivity contribution in [3.05, 3.63) is 71.0 Å². The standard InChI is InChI=1S/C25H29FN2O2/c1-18-6-5-9-20(26)23(18)24(30)28-16-14-25(15-17-28)13-12-21(25)27-22(29)11-10-19-7-3-2-4-8-19/h2-9,21H,10-17H2,1H3,(H,27,29). The van der Waals surface area contributed by atoms with Crippen molar-refractivity contribution in [3.63, 3.8) is 0 Å². The topological polar surface area (TPSA) is 49.4 Å². The van der Waals surface area contributed by atoms with Crippen LogP contribution in [-0.2, 0) is 11.2 Å². The van der Waals surface area contributed by atoms with Gasteiger partial charge < -0.3 is 10.2 Å². The van der Waals surface area contributed by atoms with Crippen molar-refractivity contribution in [1.29, 1.82) is 0 Å². The molecule has 2 amide bonds. The Labute approximate surface area is 177 Å². The second kappa shape index (κ2) is 8.58. The van der Waals surface area contributed by atoms with Gasteiger partial charge in [-0.3, -0.25) is 9.59 Å². The lowest BCUT2D eigenvalue weighted by molar-refractivity contribution is -0.125. The highest BCUT2D eigenvalue weighted by atomic mass is 19.1. The molecule has 2 fully saturated rings. The lowest BCUT2D eigenvalue weighted by Gasteiger charge is -2.54. The molecule has 1 atom stereocenters. The van der Waals surface area contributed by atoms with Crippen molar-refractivity contribution < 1.29 is 14.0 Å². The number of aryl methyl sites for hydroxylation is 2. The van der Waals surface area contributed by atoms with Gasteiger partial charge in [0.1, 0.15) is 5.82 Å². The van der Waals surface area contributed by atoms with E-state index in [0.717, 1.165) is 32.1 Å². The van der Waals surface area contributed by atoms with E-state index >= 15 is 0 Å². The molecule has 2 aromatic carbocycles. The zero-order valence-electron chi connectivity index (χ0n) is 17.5. The Morgan fingerprint density at radius 2 is 1.80 bits per heavy atom. The Balaban J connectivity index is 1.30. The summed E-state index contributed by atoms with van der Waals surface area (Å²) in [5, 5.41) is 3.24. The number of carbonyl (C=O) groups is 2. The number of benzene rings is 2. The van der Waals surface area contributed by atoms with Crippen LogP contribution in [0, 0.1) is 18.2 Å². The molecule has 1 saturated carbocycles. The minimum absolute atomic E-state index is 0.0868. The summed E-state index contributed by atoms with van der Waals surface area (Å²) in [4.78, 5) is 27.1. The van der Waals surface area contributed by atoms with Crippen molar-refractivity contribution in [3.8, 4) is 0 Å². The highest BCUT2D eigenvalue weighted by Crippen LogP contribution is 2.49. The van der Waals surface area contributed by atoms with Gasteiger partial charge in [0, 0.05) is 25.6 Å². The first-order chi connectivity index (χ1) is 14.5. The molecular weight excluding hydrogens is 379 g/mol. The number of likely N-dealkylation sites (tertiary alicyclic amines) is 1. The third kappa shape index (κ3) is 4.11. The van der Waals surface area contributed by atoms with Crippen LogP contribution in [0.4, 0.5) is 4.39 Å². The zero-order chi connectivity index (χ0) is 21.1. The minimum Gasteiger partial charge on any atom is -0.353 e. The van der Waals surface area contributed by atoms with Gasteiger partial charge in [0.2, 0.25) is 5.91 Å². The second-order valence-corrected chi connectivity index (χ2v) is 8.73. The fraction of sp³-hybridized carbons (Fsp3) is 0.440. The van der Waals surface area contributed by atoms with Crippen molar-refractivity contribution in [2.24, 2.45) is 5.41 Å². The van der Waals surface area contributed by atoms with E-state index in [1.165, 1.54) is 11.6 Å². The van der Waals surface area contributed by atoms with Gasteiger partial charge in [-0.05, 0) is 61.6 Å². The molecule has 30 heavy (non-hydrogen) atoms. The number of nitrogens with one attached hydrogen (secondary N) is 1. The third-order valence-electron chi connectivity index (χ3n) is 6.97. The molecule has 1 saturated heterocycles. The molecule has 158 valence electrons. The van der Waals surface area contributed by atoms with E-state index in [1.807, 2.05) is 30.3 Å². The molecule has 1 aliphatic heterocycles. The lowest BCUT2D eigenvalue weighted by atomic mass is 9.59. The van der Waals surface area contributed by atoms with Gasteiger partial charge in [-0.25, -0.2) is 4.39 Å². The van der Waals surface area contributed by atoms with Crippen LogP contribution >= 0.6 is 0 Å². The van der Waals surface area contributed by atoms with Crippen LogP contribution in [0.2, 0.25) is 0 Å². The normalized spacial score (nSPS) is 19.9. The Morgan fingerprint density at radius 1 is 1.07 bits per heavy atom. The number of halogens is 1. The van der Waals surface area contributed by atoms with Crippen LogP contribution in [0.15, 0.2) is 48.5 Å². The summed E-state index contributed by atoms with van der Waals surface area (Å²) >= 11 is 0. The highest BCUT2D eigenvalue weighted by Gasteiger charge is 2.49. The number of carbonyl (C=O) groups excluding carboxylic acids is 2. The van der Waals surface area contributed by atoms with Crippen molar-refractivity contribution >= 4 is 11.8 Å². The maximum absolute atomic E-state index is 14.2. The largest absolute Gasteiger partial charge is 0.353 e. The molecule has 1 N–H and O–H groups in total. The average molecular weight is 409 g/mol. The number of rotatable bonds is 5. The molecule has 0 radical (unpaired) electrons. The molecular formula is C25H29FN2O2. The number of hydrogen-bond donors (Lipinski definition) is 1. The van der Waals surface area contributed by atoms with Crippen LogP contribution in [0.5, 0.6) is 0 Å². The van der Waals surface area contributed by atoms with Crippen LogP contribution < -0.4 is 5.32 Å². The Hall–Kier alpha value is -2.69. The highest BCUT2D eigenvalue weighted by molar-refractivity contribution is 5.96. The van der Waals surface area contributed by atoms with Crippen molar-refractivity contribution in [2.45, 2.75) is 51.5 Å². The first kappa shape index (κ1) is 20.6. The van der Waals surface area contributed by atoms with Gasteiger partial charge in [0.15, 0.2) is 0 Å². The first-order valence-electron chi connectivity index (χ1n) is 10.9. The maximum Gasteiger partial charge on any atom is 0.257 e. The average Bonchev–Trinajstić information content (AvgIpc) is 2.76. The molecule has 0 bridgehead atoms. The summed E-state index contributed by atoms with van der Waals surface area (Å²) in [5.41, 5.74) is 2.12. The maximum atomic E-state index is 14.2. The van der Waals surface area contributed by atoms with Gasteiger partial charge in [-0.2, -0.15) is 0 Å². The smallest absolute Gasteiger partial charge is 0.257 e. The van der Waals surface area contributed by atoms with Gasteiger partial charge >= 0.3 is 0 Å². The minimum atomic E-state index is -0.451. The second-order valence-electron chi connectivity index (χ2n) is 8.73. The summed E-state index contributed by atoms with van der Waals surface area (Å²) in [6, 6.07) is 15.0. The zero-order valence-corrected chi connectivity index (χ0v) is 17.5. The summed E-state index contributed by atoms with van der Waals surface area (Å²) in [5.74, 6) is -0.570. The van der Waals surface area contributed by atoms with Gasteiger partial charge in [0.05, 0.1) is 5.56 Å². The third-order valence-corrected chi connectivity index (χ3v) is 6.97. The number of amides is 2. The molecule has 5 heteroatoms. The molecule has 1 heterocycles. The van der Waals surface area contributed by atoms with Crippen molar-refractivity contribution in [2.75, 3.05) is 13.1 Å². The number of piperidine rings is 1. The lowest BCUT2D eigenvalue weighted by Crippen LogP contribution is -2.59. The van der Waals surface area contributed by atoms with Gasteiger partial charge in [0.25, 0.3) is 5.91 Å². The summed E-state index contributed by atoms with van der Waals surface area (Å²) in [6.45, 7) is 3.00. The Bertz CT molecular complexity index is 900. The Kier molecular flexibility index (Phi) is 5.89. The predicted octanol–water partition coefficient (Wildman–Crippen LogP) is 4.27. The fourth-order valence-corrected chi connectivity index (χ4v) is 4.91. The molecule has 4 rings (SSSR count). The monoisotopic (exact) mass is 408 g/mol. The molecule has 1 unspecified atom stereocenters. The van der Waals surface area contributed by atoms with E-state index in [9.17, 15) is 14.0 Å². The summed E-state index contributed by atoms with van der Waals surface area (Å²) in [6.07, 6.45) is 5.03.